The Hall–Kier alpha value is -2.86. The molecular weight excluding hydrogens is 392 g/mol. The summed E-state index contributed by atoms with van der Waals surface area (Å²) < 4.78 is 11.3. The Balaban J connectivity index is 1.59. The van der Waals surface area contributed by atoms with Gasteiger partial charge in [-0.15, -0.1) is 0 Å². The molecule has 0 aromatic heterocycles. The fourth-order valence-corrected chi connectivity index (χ4v) is 3.64. The van der Waals surface area contributed by atoms with E-state index >= 15 is 0 Å². The van der Waals surface area contributed by atoms with Crippen LogP contribution in [0, 0.1) is 0 Å². The summed E-state index contributed by atoms with van der Waals surface area (Å²) in [6.07, 6.45) is 4.08. The van der Waals surface area contributed by atoms with Crippen LogP contribution in [-0.2, 0) is 4.74 Å². The molecule has 1 N–H and O–H groups in total. The number of nitrogens with zero attached hydrogens (tertiary/aromatic N) is 1. The lowest BCUT2D eigenvalue weighted by molar-refractivity contribution is 0.0679. The number of carbonyl (C=O) groups excluding carboxylic acids is 2. The smallest absolute Gasteiger partial charge is 0.255 e. The number of hydrogen-bond donors (Lipinski definition) is 1. The first-order valence-electron chi connectivity index (χ1n) is 11.2. The number of hydrogen-bond acceptors (Lipinski definition) is 4. The standard InChI is InChI=1S/C25H32N2O4/c1-3-14-27(15-4-2)25(29)20-7-5-8-21(17-20)26-24(28)19-10-12-22(13-11-19)31-18-23-9-6-16-30-23/h5,7-8,10-13,17,23H,3-4,6,9,14-16,18H2,1-2H3,(H,26,28). The van der Waals surface area contributed by atoms with Crippen LogP contribution in [-0.4, -0.2) is 49.1 Å². The lowest BCUT2D eigenvalue weighted by Gasteiger charge is -2.21. The number of amides is 2. The van der Waals surface area contributed by atoms with Crippen molar-refractivity contribution in [2.45, 2.75) is 45.6 Å². The molecule has 0 saturated carbocycles. The Labute approximate surface area is 184 Å². The lowest BCUT2D eigenvalue weighted by Crippen LogP contribution is -2.32. The second-order valence-electron chi connectivity index (χ2n) is 7.80. The van der Waals surface area contributed by atoms with Crippen LogP contribution in [0.1, 0.15) is 60.2 Å². The molecule has 0 aliphatic carbocycles. The van der Waals surface area contributed by atoms with Gasteiger partial charge in [0.25, 0.3) is 11.8 Å². The van der Waals surface area contributed by atoms with E-state index in [1.807, 2.05) is 4.90 Å². The van der Waals surface area contributed by atoms with Crippen LogP contribution in [0.2, 0.25) is 0 Å². The number of rotatable bonds is 10. The molecule has 1 saturated heterocycles. The van der Waals surface area contributed by atoms with Gasteiger partial charge in [0.1, 0.15) is 12.4 Å². The minimum atomic E-state index is -0.228. The summed E-state index contributed by atoms with van der Waals surface area (Å²) in [6.45, 7) is 6.90. The highest BCUT2D eigenvalue weighted by Gasteiger charge is 2.17. The van der Waals surface area contributed by atoms with Gasteiger partial charge in [0, 0.05) is 36.5 Å². The summed E-state index contributed by atoms with van der Waals surface area (Å²) >= 11 is 0. The zero-order chi connectivity index (χ0) is 22.1. The van der Waals surface area contributed by atoms with Gasteiger partial charge in [0.05, 0.1) is 6.10 Å². The molecule has 2 aromatic rings. The first-order chi connectivity index (χ1) is 15.1. The molecule has 166 valence electrons. The van der Waals surface area contributed by atoms with E-state index in [4.69, 9.17) is 9.47 Å². The topological polar surface area (TPSA) is 67.9 Å². The molecule has 2 aromatic carbocycles. The second kappa shape index (κ2) is 11.5. The Morgan fingerprint density at radius 2 is 1.81 bits per heavy atom. The molecule has 3 rings (SSSR count). The SMILES string of the molecule is CCCN(CCC)C(=O)c1cccc(NC(=O)c2ccc(OCC3CCCO3)cc2)c1. The summed E-state index contributed by atoms with van der Waals surface area (Å²) in [6, 6.07) is 14.2. The summed E-state index contributed by atoms with van der Waals surface area (Å²) in [4.78, 5) is 27.3. The average Bonchev–Trinajstić information content (AvgIpc) is 3.31. The van der Waals surface area contributed by atoms with E-state index < -0.39 is 0 Å². The maximum atomic E-state index is 12.8. The summed E-state index contributed by atoms with van der Waals surface area (Å²) in [5, 5.41) is 2.88. The van der Waals surface area contributed by atoms with E-state index in [0.29, 0.717) is 29.2 Å². The van der Waals surface area contributed by atoms with Crippen molar-refractivity contribution in [3.8, 4) is 5.75 Å². The van der Waals surface area contributed by atoms with E-state index in [9.17, 15) is 9.59 Å². The van der Waals surface area contributed by atoms with Crippen LogP contribution in [0.4, 0.5) is 5.69 Å². The molecule has 1 heterocycles. The third kappa shape index (κ3) is 6.56. The van der Waals surface area contributed by atoms with Crippen molar-refractivity contribution in [2.24, 2.45) is 0 Å². The van der Waals surface area contributed by atoms with Crippen LogP contribution in [0.5, 0.6) is 5.75 Å². The van der Waals surface area contributed by atoms with Gasteiger partial charge in [-0.3, -0.25) is 9.59 Å². The number of anilines is 1. The Kier molecular flexibility index (Phi) is 8.47. The van der Waals surface area contributed by atoms with E-state index in [-0.39, 0.29) is 17.9 Å². The third-order valence-electron chi connectivity index (χ3n) is 5.22. The molecule has 6 nitrogen and oxygen atoms in total. The minimum Gasteiger partial charge on any atom is -0.491 e. The van der Waals surface area contributed by atoms with Crippen LogP contribution in [0.3, 0.4) is 0 Å². The highest BCUT2D eigenvalue weighted by molar-refractivity contribution is 6.05. The predicted octanol–water partition coefficient (Wildman–Crippen LogP) is 4.76. The zero-order valence-corrected chi connectivity index (χ0v) is 18.4. The first-order valence-corrected chi connectivity index (χ1v) is 11.2. The number of carbonyl (C=O) groups is 2. The van der Waals surface area contributed by atoms with E-state index in [1.165, 1.54) is 0 Å². The Morgan fingerprint density at radius 3 is 2.45 bits per heavy atom. The highest BCUT2D eigenvalue weighted by Crippen LogP contribution is 2.18. The van der Waals surface area contributed by atoms with E-state index in [2.05, 4.69) is 19.2 Å². The quantitative estimate of drug-likeness (QED) is 0.597. The van der Waals surface area contributed by atoms with Crippen molar-refractivity contribution in [3.63, 3.8) is 0 Å². The molecule has 31 heavy (non-hydrogen) atoms. The molecule has 6 heteroatoms. The van der Waals surface area contributed by atoms with Gasteiger partial charge in [0.15, 0.2) is 0 Å². The van der Waals surface area contributed by atoms with Crippen molar-refractivity contribution in [1.29, 1.82) is 0 Å². The van der Waals surface area contributed by atoms with E-state index in [1.54, 1.807) is 48.5 Å². The number of benzene rings is 2. The average molecular weight is 425 g/mol. The van der Waals surface area contributed by atoms with Crippen LogP contribution in [0.15, 0.2) is 48.5 Å². The Bertz CT molecular complexity index is 854. The molecule has 2 amide bonds. The predicted molar refractivity (Wildman–Crippen MR) is 122 cm³/mol. The van der Waals surface area contributed by atoms with Gasteiger partial charge >= 0.3 is 0 Å². The maximum Gasteiger partial charge on any atom is 0.255 e. The fraction of sp³-hybridized carbons (Fsp3) is 0.440. The molecule has 1 unspecified atom stereocenters. The highest BCUT2D eigenvalue weighted by atomic mass is 16.5. The lowest BCUT2D eigenvalue weighted by atomic mass is 10.1. The summed E-state index contributed by atoms with van der Waals surface area (Å²) in [7, 11) is 0. The van der Waals surface area contributed by atoms with Crippen molar-refractivity contribution >= 4 is 17.5 Å². The third-order valence-corrected chi connectivity index (χ3v) is 5.22. The largest absolute Gasteiger partial charge is 0.491 e. The van der Waals surface area contributed by atoms with Gasteiger partial charge in [-0.2, -0.15) is 0 Å². The second-order valence-corrected chi connectivity index (χ2v) is 7.80. The van der Waals surface area contributed by atoms with Crippen LogP contribution >= 0.6 is 0 Å². The van der Waals surface area contributed by atoms with Crippen molar-refractivity contribution in [2.75, 3.05) is 31.6 Å². The van der Waals surface area contributed by atoms with Crippen LogP contribution in [0.25, 0.3) is 0 Å². The summed E-state index contributed by atoms with van der Waals surface area (Å²) in [5.41, 5.74) is 1.71. The van der Waals surface area contributed by atoms with Gasteiger partial charge in [-0.1, -0.05) is 19.9 Å². The molecule has 0 spiro atoms. The van der Waals surface area contributed by atoms with Gasteiger partial charge in [-0.05, 0) is 68.1 Å². The number of nitrogens with one attached hydrogen (secondary N) is 1. The van der Waals surface area contributed by atoms with Gasteiger partial charge < -0.3 is 19.7 Å². The molecule has 0 bridgehead atoms. The molecule has 1 aliphatic heterocycles. The van der Waals surface area contributed by atoms with Crippen molar-refractivity contribution in [1.82, 2.24) is 4.90 Å². The molecular formula is C25H32N2O4. The molecule has 1 atom stereocenters. The van der Waals surface area contributed by atoms with Gasteiger partial charge in [-0.25, -0.2) is 0 Å². The zero-order valence-electron chi connectivity index (χ0n) is 18.4. The first kappa shape index (κ1) is 22.8. The van der Waals surface area contributed by atoms with Gasteiger partial charge in [0.2, 0.25) is 0 Å². The Morgan fingerprint density at radius 1 is 1.06 bits per heavy atom. The van der Waals surface area contributed by atoms with E-state index in [0.717, 1.165) is 45.4 Å². The maximum absolute atomic E-state index is 12.8. The monoisotopic (exact) mass is 424 g/mol. The molecule has 1 fully saturated rings. The number of ether oxygens (including phenoxy) is 2. The normalized spacial score (nSPS) is 15.5. The minimum absolute atomic E-state index is 0.00690. The summed E-state index contributed by atoms with van der Waals surface area (Å²) in [5.74, 6) is 0.480. The van der Waals surface area contributed by atoms with Crippen LogP contribution < -0.4 is 10.1 Å². The molecule has 0 radical (unpaired) electrons. The van der Waals surface area contributed by atoms with Crippen molar-refractivity contribution < 1.29 is 19.1 Å². The fourth-order valence-electron chi connectivity index (χ4n) is 3.64. The molecule has 1 aliphatic rings. The van der Waals surface area contributed by atoms with Crippen molar-refractivity contribution in [3.05, 3.63) is 59.7 Å².